The number of hydrogen-bond acceptors (Lipinski definition) is 4. The number of amides is 1. The van der Waals surface area contributed by atoms with Crippen LogP contribution in [0.2, 0.25) is 0 Å². The minimum atomic E-state index is 0.0619. The minimum Gasteiger partial charge on any atom is -0.326 e. The minimum absolute atomic E-state index is 0.0619. The standard InChI is InChI=1S/C24H31N3OS/c28-24(22-10-6-12-27(19-22)17-20-7-2-1-3-8-20)25-23-11-5-4-9-21(23)18-26-13-15-29-16-14-26/h1-5,7-9,11,22H,6,10,12-19H2,(H,25,28). The van der Waals surface area contributed by atoms with E-state index in [0.717, 1.165) is 57.8 Å². The summed E-state index contributed by atoms with van der Waals surface area (Å²) in [4.78, 5) is 18.0. The Kier molecular flexibility index (Phi) is 7.25. The van der Waals surface area contributed by atoms with Gasteiger partial charge in [-0.2, -0.15) is 11.8 Å². The van der Waals surface area contributed by atoms with Crippen molar-refractivity contribution in [3.8, 4) is 0 Å². The molecule has 1 unspecified atom stereocenters. The van der Waals surface area contributed by atoms with Crippen LogP contribution in [0.4, 0.5) is 5.69 Å². The van der Waals surface area contributed by atoms with E-state index >= 15 is 0 Å². The Labute approximate surface area is 178 Å². The van der Waals surface area contributed by atoms with E-state index < -0.39 is 0 Å². The molecule has 1 amide bonds. The molecule has 0 aliphatic carbocycles. The summed E-state index contributed by atoms with van der Waals surface area (Å²) in [5.41, 5.74) is 3.53. The molecular formula is C24H31N3OS. The lowest BCUT2D eigenvalue weighted by Gasteiger charge is -2.32. The molecule has 154 valence electrons. The molecule has 0 spiro atoms. The number of benzene rings is 2. The normalized spacial score (nSPS) is 21.0. The summed E-state index contributed by atoms with van der Waals surface area (Å²) in [6, 6.07) is 18.9. The molecule has 2 aliphatic rings. The molecule has 2 aliphatic heterocycles. The zero-order chi connectivity index (χ0) is 19.9. The fraction of sp³-hybridized carbons (Fsp3) is 0.458. The molecule has 4 rings (SSSR count). The highest BCUT2D eigenvalue weighted by Crippen LogP contribution is 2.23. The molecule has 2 fully saturated rings. The van der Waals surface area contributed by atoms with E-state index in [1.165, 1.54) is 22.6 Å². The number of rotatable bonds is 6. The van der Waals surface area contributed by atoms with E-state index in [1.807, 2.05) is 17.8 Å². The maximum Gasteiger partial charge on any atom is 0.228 e. The largest absolute Gasteiger partial charge is 0.326 e. The summed E-state index contributed by atoms with van der Waals surface area (Å²) in [5.74, 6) is 2.64. The first kappa shape index (κ1) is 20.5. The van der Waals surface area contributed by atoms with Crippen LogP contribution in [-0.4, -0.2) is 53.4 Å². The van der Waals surface area contributed by atoms with Crippen LogP contribution in [0.25, 0.3) is 0 Å². The van der Waals surface area contributed by atoms with Crippen molar-refractivity contribution in [1.82, 2.24) is 9.80 Å². The van der Waals surface area contributed by atoms with Crippen molar-refractivity contribution in [2.45, 2.75) is 25.9 Å². The number of nitrogens with one attached hydrogen (secondary N) is 1. The molecule has 2 aromatic rings. The second-order valence-corrected chi connectivity index (χ2v) is 9.32. The molecule has 1 N–H and O–H groups in total. The van der Waals surface area contributed by atoms with Crippen LogP contribution in [0.5, 0.6) is 0 Å². The van der Waals surface area contributed by atoms with E-state index in [1.54, 1.807) is 0 Å². The van der Waals surface area contributed by atoms with E-state index in [9.17, 15) is 4.79 Å². The Morgan fingerprint density at radius 1 is 0.931 bits per heavy atom. The van der Waals surface area contributed by atoms with Gasteiger partial charge >= 0.3 is 0 Å². The highest BCUT2D eigenvalue weighted by atomic mass is 32.2. The van der Waals surface area contributed by atoms with Crippen LogP contribution in [0.15, 0.2) is 54.6 Å². The van der Waals surface area contributed by atoms with Gasteiger partial charge in [-0.05, 0) is 36.6 Å². The lowest BCUT2D eigenvalue weighted by molar-refractivity contribution is -0.121. The first-order chi connectivity index (χ1) is 14.3. The number of para-hydroxylation sites is 1. The first-order valence-corrected chi connectivity index (χ1v) is 11.9. The molecule has 0 radical (unpaired) electrons. The monoisotopic (exact) mass is 409 g/mol. The van der Waals surface area contributed by atoms with Crippen molar-refractivity contribution in [1.29, 1.82) is 0 Å². The quantitative estimate of drug-likeness (QED) is 0.780. The maximum atomic E-state index is 13.1. The van der Waals surface area contributed by atoms with Gasteiger partial charge < -0.3 is 5.32 Å². The van der Waals surface area contributed by atoms with Gasteiger partial charge in [0.2, 0.25) is 5.91 Å². The first-order valence-electron chi connectivity index (χ1n) is 10.7. The predicted octanol–water partition coefficient (Wildman–Crippen LogP) is 4.09. The van der Waals surface area contributed by atoms with E-state index in [2.05, 4.69) is 63.6 Å². The highest BCUT2D eigenvalue weighted by Gasteiger charge is 2.26. The van der Waals surface area contributed by atoms with Gasteiger partial charge in [0.15, 0.2) is 0 Å². The summed E-state index contributed by atoms with van der Waals surface area (Å²) in [6.07, 6.45) is 2.06. The van der Waals surface area contributed by atoms with Gasteiger partial charge in [0.25, 0.3) is 0 Å². The molecule has 0 saturated carbocycles. The van der Waals surface area contributed by atoms with Crippen molar-refractivity contribution in [2.24, 2.45) is 5.92 Å². The number of anilines is 1. The summed E-state index contributed by atoms with van der Waals surface area (Å²) < 4.78 is 0. The number of likely N-dealkylation sites (tertiary alicyclic amines) is 1. The van der Waals surface area contributed by atoms with Gasteiger partial charge in [-0.1, -0.05) is 48.5 Å². The van der Waals surface area contributed by atoms with Crippen molar-refractivity contribution in [3.63, 3.8) is 0 Å². The average Bonchev–Trinajstić information content (AvgIpc) is 2.77. The van der Waals surface area contributed by atoms with E-state index in [-0.39, 0.29) is 11.8 Å². The number of hydrogen-bond donors (Lipinski definition) is 1. The molecular weight excluding hydrogens is 378 g/mol. The zero-order valence-electron chi connectivity index (χ0n) is 17.1. The molecule has 2 saturated heterocycles. The summed E-state index contributed by atoms with van der Waals surface area (Å²) in [6.45, 7) is 6.01. The number of piperidine rings is 1. The Bertz CT molecular complexity index is 792. The Morgan fingerprint density at radius 3 is 2.52 bits per heavy atom. The van der Waals surface area contributed by atoms with Crippen LogP contribution >= 0.6 is 11.8 Å². The van der Waals surface area contributed by atoms with Crippen LogP contribution < -0.4 is 5.32 Å². The fourth-order valence-corrected chi connectivity index (χ4v) is 5.25. The van der Waals surface area contributed by atoms with Crippen LogP contribution in [0.1, 0.15) is 24.0 Å². The van der Waals surface area contributed by atoms with E-state index in [4.69, 9.17) is 0 Å². The van der Waals surface area contributed by atoms with Gasteiger partial charge in [0.1, 0.15) is 0 Å². The second kappa shape index (κ2) is 10.3. The van der Waals surface area contributed by atoms with Gasteiger partial charge in [0.05, 0.1) is 5.92 Å². The van der Waals surface area contributed by atoms with Crippen molar-refractivity contribution >= 4 is 23.4 Å². The van der Waals surface area contributed by atoms with Crippen LogP contribution in [0.3, 0.4) is 0 Å². The third-order valence-corrected chi connectivity index (χ3v) is 6.84. The Hall–Kier alpha value is -1.82. The SMILES string of the molecule is O=C(Nc1ccccc1CN1CCSCC1)C1CCCN(Cc2ccccc2)C1. The molecule has 0 bridgehead atoms. The number of thioether (sulfide) groups is 1. The van der Waals surface area contributed by atoms with Gasteiger partial charge in [-0.25, -0.2) is 0 Å². The smallest absolute Gasteiger partial charge is 0.228 e. The van der Waals surface area contributed by atoms with Crippen molar-refractivity contribution in [3.05, 3.63) is 65.7 Å². The molecule has 0 aromatic heterocycles. The predicted molar refractivity (Wildman–Crippen MR) is 122 cm³/mol. The molecule has 2 heterocycles. The third-order valence-electron chi connectivity index (χ3n) is 5.90. The molecule has 29 heavy (non-hydrogen) atoms. The number of carbonyl (C=O) groups excluding carboxylic acids is 1. The second-order valence-electron chi connectivity index (χ2n) is 8.09. The van der Waals surface area contributed by atoms with Gasteiger partial charge in [-0.15, -0.1) is 0 Å². The van der Waals surface area contributed by atoms with Crippen molar-refractivity contribution in [2.75, 3.05) is 43.0 Å². The third kappa shape index (κ3) is 5.84. The van der Waals surface area contributed by atoms with Gasteiger partial charge in [0, 0.05) is 49.9 Å². The summed E-state index contributed by atoms with van der Waals surface area (Å²) in [5, 5.41) is 3.26. The lowest BCUT2D eigenvalue weighted by atomic mass is 9.96. The van der Waals surface area contributed by atoms with Crippen LogP contribution in [0, 0.1) is 5.92 Å². The average molecular weight is 410 g/mol. The Morgan fingerprint density at radius 2 is 1.69 bits per heavy atom. The highest BCUT2D eigenvalue weighted by molar-refractivity contribution is 7.99. The molecule has 5 heteroatoms. The number of nitrogens with zero attached hydrogens (tertiary/aromatic N) is 2. The molecule has 1 atom stereocenters. The molecule has 4 nitrogen and oxygen atoms in total. The molecule has 2 aromatic carbocycles. The maximum absolute atomic E-state index is 13.1. The summed E-state index contributed by atoms with van der Waals surface area (Å²) >= 11 is 2.03. The summed E-state index contributed by atoms with van der Waals surface area (Å²) in [7, 11) is 0. The van der Waals surface area contributed by atoms with Crippen molar-refractivity contribution < 1.29 is 4.79 Å². The topological polar surface area (TPSA) is 35.6 Å². The lowest BCUT2D eigenvalue weighted by Crippen LogP contribution is -2.40. The van der Waals surface area contributed by atoms with Crippen LogP contribution in [-0.2, 0) is 17.9 Å². The van der Waals surface area contributed by atoms with Gasteiger partial charge in [-0.3, -0.25) is 14.6 Å². The zero-order valence-corrected chi connectivity index (χ0v) is 17.9. The fourth-order valence-electron chi connectivity index (χ4n) is 4.27. The van der Waals surface area contributed by atoms with E-state index in [0.29, 0.717) is 0 Å². The number of carbonyl (C=O) groups is 1. The Balaban J connectivity index is 1.36.